The largest absolute Gasteiger partial charge is 0.206 e. The highest BCUT2D eigenvalue weighted by Gasteiger charge is 2.03. The van der Waals surface area contributed by atoms with Crippen molar-refractivity contribution in [1.82, 2.24) is 0 Å². The van der Waals surface area contributed by atoms with Gasteiger partial charge in [0.05, 0.1) is 0 Å². The Kier molecular flexibility index (Phi) is 6.31. The molecule has 0 aliphatic carbocycles. The number of rotatable bonds is 2. The molecule has 0 N–H and O–H groups in total. The first-order valence-corrected chi connectivity index (χ1v) is 7.99. The van der Waals surface area contributed by atoms with Crippen LogP contribution in [0.15, 0.2) is 43.5 Å². The van der Waals surface area contributed by atoms with Gasteiger partial charge in [0.1, 0.15) is 5.82 Å². The van der Waals surface area contributed by atoms with Crippen LogP contribution in [-0.4, -0.2) is 10.2 Å². The van der Waals surface area contributed by atoms with Crippen LogP contribution in [0.3, 0.4) is 0 Å². The van der Waals surface area contributed by atoms with E-state index in [4.69, 9.17) is 0 Å². The van der Waals surface area contributed by atoms with Crippen molar-refractivity contribution in [2.75, 3.05) is 0 Å². The first-order chi connectivity index (χ1) is 9.92. The van der Waals surface area contributed by atoms with Crippen LogP contribution in [0.5, 0.6) is 0 Å². The summed E-state index contributed by atoms with van der Waals surface area (Å²) in [6, 6.07) is 8.76. The Morgan fingerprint density at radius 1 is 0.952 bits per heavy atom. The fourth-order valence-corrected chi connectivity index (χ4v) is 2.82. The van der Waals surface area contributed by atoms with Gasteiger partial charge in [-0.05, 0) is 49.1 Å². The van der Waals surface area contributed by atoms with E-state index in [0.717, 1.165) is 10.2 Å². The Morgan fingerprint density at radius 3 is 2.00 bits per heavy atom. The highest BCUT2D eigenvalue weighted by atomic mass is 28.1. The fourth-order valence-electron chi connectivity index (χ4n) is 2.10. The lowest BCUT2D eigenvalue weighted by atomic mass is 10.0. The summed E-state index contributed by atoms with van der Waals surface area (Å²) in [5, 5.41) is 1.49. The molecule has 0 heterocycles. The summed E-state index contributed by atoms with van der Waals surface area (Å²) in [5.74, 6) is -0.215. The lowest BCUT2D eigenvalue weighted by Gasteiger charge is -2.11. The number of aryl methyl sites for hydroxylation is 1. The topological polar surface area (TPSA) is 0 Å². The highest BCUT2D eigenvalue weighted by Crippen LogP contribution is 2.13. The van der Waals surface area contributed by atoms with Gasteiger partial charge in [0, 0.05) is 15.8 Å². The predicted octanol–water partition coefficient (Wildman–Crippen LogP) is 3.71. The van der Waals surface area contributed by atoms with Gasteiger partial charge in [-0.3, -0.25) is 0 Å². The van der Waals surface area contributed by atoms with Crippen molar-refractivity contribution in [2.45, 2.75) is 20.8 Å². The molecule has 0 radical (unpaired) electrons. The van der Waals surface area contributed by atoms with Gasteiger partial charge in [-0.25, -0.2) is 4.39 Å². The van der Waals surface area contributed by atoms with Gasteiger partial charge in [-0.1, -0.05) is 54.8 Å². The van der Waals surface area contributed by atoms with Crippen molar-refractivity contribution < 1.29 is 4.39 Å². The van der Waals surface area contributed by atoms with Crippen LogP contribution in [0.2, 0.25) is 0 Å². The third kappa shape index (κ3) is 4.27. The van der Waals surface area contributed by atoms with Crippen LogP contribution in [0.1, 0.15) is 27.8 Å². The number of hydrogen-bond donors (Lipinski definition) is 0. The van der Waals surface area contributed by atoms with Crippen molar-refractivity contribution >= 4 is 27.6 Å². The Hall–Kier alpha value is -1.93. The standard InChI is InChI=1S/C11H16Si.C8H7F/c1-5-10-6-7(2)8(3)9(4)11(10)12;1-2-7-5-3-4-6-8(7)9/h5-6H,1H2,2-4,12H3;2-6H,1H2. The second-order valence-electron chi connectivity index (χ2n) is 5.09. The van der Waals surface area contributed by atoms with Crippen LogP contribution in [-0.2, 0) is 0 Å². The molecule has 2 aromatic carbocycles. The molecule has 0 nitrogen and oxygen atoms in total. The molecular weight excluding hydrogens is 275 g/mol. The molecule has 0 aliphatic rings. The van der Waals surface area contributed by atoms with Gasteiger partial charge in [-0.2, -0.15) is 0 Å². The van der Waals surface area contributed by atoms with Crippen LogP contribution in [0.25, 0.3) is 12.2 Å². The zero-order chi connectivity index (χ0) is 16.0. The maximum Gasteiger partial charge on any atom is 0.130 e. The van der Waals surface area contributed by atoms with Gasteiger partial charge in [0.25, 0.3) is 0 Å². The Labute approximate surface area is 130 Å². The summed E-state index contributed by atoms with van der Waals surface area (Å²) in [6.45, 7) is 13.8. The van der Waals surface area contributed by atoms with E-state index in [-0.39, 0.29) is 5.82 Å². The SMILES string of the molecule is C=Cc1cc(C)c(C)c(C)c1[SiH3].C=Cc1ccccc1F. The molecule has 2 aromatic rings. The molecule has 2 rings (SSSR count). The summed E-state index contributed by atoms with van der Waals surface area (Å²) < 4.78 is 12.5. The average molecular weight is 298 g/mol. The first kappa shape index (κ1) is 17.1. The van der Waals surface area contributed by atoms with Gasteiger partial charge in [0.2, 0.25) is 0 Å². The number of hydrogen-bond acceptors (Lipinski definition) is 0. The van der Waals surface area contributed by atoms with E-state index >= 15 is 0 Å². The van der Waals surface area contributed by atoms with Crippen molar-refractivity contribution in [3.05, 3.63) is 77.1 Å². The predicted molar refractivity (Wildman–Crippen MR) is 96.8 cm³/mol. The third-order valence-corrected chi connectivity index (χ3v) is 5.19. The van der Waals surface area contributed by atoms with Crippen molar-refractivity contribution in [3.63, 3.8) is 0 Å². The van der Waals surface area contributed by atoms with E-state index in [2.05, 4.69) is 40.0 Å². The zero-order valence-electron chi connectivity index (χ0n) is 13.3. The Balaban J connectivity index is 0.000000219. The Bertz CT molecular complexity index is 657. The van der Waals surface area contributed by atoms with E-state index in [1.54, 1.807) is 18.2 Å². The fraction of sp³-hybridized carbons (Fsp3) is 0.158. The zero-order valence-corrected chi connectivity index (χ0v) is 15.3. The van der Waals surface area contributed by atoms with E-state index < -0.39 is 0 Å². The summed E-state index contributed by atoms with van der Waals surface area (Å²) >= 11 is 0. The molecule has 0 aliphatic heterocycles. The molecular formula is C19H23FSi. The maximum absolute atomic E-state index is 12.5. The summed E-state index contributed by atoms with van der Waals surface area (Å²) in [7, 11) is 1.11. The molecule has 2 heteroatoms. The lowest BCUT2D eigenvalue weighted by molar-refractivity contribution is 0.625. The van der Waals surface area contributed by atoms with Crippen LogP contribution in [0, 0.1) is 26.6 Å². The molecule has 0 fully saturated rings. The molecule has 21 heavy (non-hydrogen) atoms. The van der Waals surface area contributed by atoms with Gasteiger partial charge >= 0.3 is 0 Å². The maximum atomic E-state index is 12.5. The van der Waals surface area contributed by atoms with Gasteiger partial charge < -0.3 is 0 Å². The van der Waals surface area contributed by atoms with Crippen molar-refractivity contribution in [3.8, 4) is 0 Å². The summed E-state index contributed by atoms with van der Waals surface area (Å²) in [5.41, 5.74) is 6.14. The summed E-state index contributed by atoms with van der Waals surface area (Å²) in [6.07, 6.45) is 3.46. The minimum atomic E-state index is -0.215. The van der Waals surface area contributed by atoms with Crippen LogP contribution in [0.4, 0.5) is 4.39 Å². The highest BCUT2D eigenvalue weighted by molar-refractivity contribution is 6.35. The van der Waals surface area contributed by atoms with E-state index in [9.17, 15) is 4.39 Å². The quantitative estimate of drug-likeness (QED) is 0.741. The summed E-state index contributed by atoms with van der Waals surface area (Å²) in [4.78, 5) is 0. The van der Waals surface area contributed by atoms with Gasteiger partial charge in [0.15, 0.2) is 0 Å². The number of halogens is 1. The van der Waals surface area contributed by atoms with Gasteiger partial charge in [-0.15, -0.1) is 0 Å². The molecule has 110 valence electrons. The second kappa shape index (κ2) is 7.74. The number of benzene rings is 2. The minimum Gasteiger partial charge on any atom is -0.206 e. The molecule has 0 atom stereocenters. The Morgan fingerprint density at radius 2 is 1.52 bits per heavy atom. The third-order valence-electron chi connectivity index (χ3n) is 3.87. The van der Waals surface area contributed by atoms with E-state index in [0.29, 0.717) is 5.56 Å². The van der Waals surface area contributed by atoms with Crippen LogP contribution < -0.4 is 5.19 Å². The molecule has 0 unspecified atom stereocenters. The monoisotopic (exact) mass is 298 g/mol. The average Bonchev–Trinajstić information content (AvgIpc) is 2.50. The lowest BCUT2D eigenvalue weighted by Crippen LogP contribution is -2.14. The van der Waals surface area contributed by atoms with Crippen LogP contribution >= 0.6 is 0 Å². The molecule has 0 spiro atoms. The molecule has 0 bridgehead atoms. The molecule has 0 aromatic heterocycles. The molecule has 0 saturated carbocycles. The molecule has 0 saturated heterocycles. The minimum absolute atomic E-state index is 0.215. The van der Waals surface area contributed by atoms with E-state index in [1.165, 1.54) is 39.6 Å². The second-order valence-corrected chi connectivity index (χ2v) is 6.09. The van der Waals surface area contributed by atoms with Crippen molar-refractivity contribution in [2.24, 2.45) is 0 Å². The van der Waals surface area contributed by atoms with E-state index in [1.807, 2.05) is 6.08 Å². The smallest absolute Gasteiger partial charge is 0.130 e. The molecule has 0 amide bonds. The van der Waals surface area contributed by atoms with Crippen molar-refractivity contribution in [1.29, 1.82) is 0 Å². The normalized spacial score (nSPS) is 9.71. The first-order valence-electron chi connectivity index (χ1n) is 6.99.